The Morgan fingerprint density at radius 1 is 1.06 bits per heavy atom. The van der Waals surface area contributed by atoms with Crippen LogP contribution in [0.2, 0.25) is 5.02 Å². The number of nitrogens with zero attached hydrogens (tertiary/aromatic N) is 3. The molecule has 0 unspecified atom stereocenters. The molecule has 8 heteroatoms. The molecule has 3 aromatic carbocycles. The maximum atomic E-state index is 12.8. The van der Waals surface area contributed by atoms with Crippen LogP contribution in [-0.4, -0.2) is 28.5 Å². The molecule has 1 aliphatic heterocycles. The minimum absolute atomic E-state index is 0.0159. The van der Waals surface area contributed by atoms with Gasteiger partial charge in [0.05, 0.1) is 12.2 Å². The molecular weight excluding hydrogens is 428 g/mol. The Hall–Kier alpha value is -3.71. The van der Waals surface area contributed by atoms with Crippen LogP contribution in [0.5, 0.6) is 0 Å². The summed E-state index contributed by atoms with van der Waals surface area (Å²) in [7, 11) is 0. The van der Waals surface area contributed by atoms with Crippen LogP contribution < -0.4 is 10.2 Å². The van der Waals surface area contributed by atoms with Gasteiger partial charge in [0.1, 0.15) is 0 Å². The van der Waals surface area contributed by atoms with Gasteiger partial charge in [0, 0.05) is 34.5 Å². The van der Waals surface area contributed by atoms with Gasteiger partial charge in [-0.1, -0.05) is 41.0 Å². The second-order valence-corrected chi connectivity index (χ2v) is 7.97. The fourth-order valence-corrected chi connectivity index (χ4v) is 4.03. The van der Waals surface area contributed by atoms with Gasteiger partial charge < -0.3 is 14.7 Å². The molecule has 4 aromatic rings. The molecular formula is C24H19ClN4O3. The summed E-state index contributed by atoms with van der Waals surface area (Å²) in [5, 5.41) is 9.37. The third-order valence-electron chi connectivity index (χ3n) is 5.44. The quantitative estimate of drug-likeness (QED) is 0.448. The minimum Gasteiger partial charge on any atom is -0.347 e. The molecule has 0 saturated carbocycles. The van der Waals surface area contributed by atoms with Crippen LogP contribution in [0.25, 0.3) is 22.2 Å². The van der Waals surface area contributed by atoms with E-state index in [9.17, 15) is 9.59 Å². The van der Waals surface area contributed by atoms with Gasteiger partial charge in [-0.3, -0.25) is 9.59 Å². The Bertz CT molecular complexity index is 1310. The van der Waals surface area contributed by atoms with E-state index in [0.29, 0.717) is 29.7 Å². The van der Waals surface area contributed by atoms with Crippen molar-refractivity contribution >= 4 is 39.9 Å². The van der Waals surface area contributed by atoms with Gasteiger partial charge >= 0.3 is 0 Å². The molecule has 0 atom stereocenters. The molecule has 0 fully saturated rings. The molecule has 0 saturated heterocycles. The second-order valence-electron chi connectivity index (χ2n) is 7.54. The van der Waals surface area contributed by atoms with Crippen LogP contribution in [0.4, 0.5) is 5.69 Å². The highest BCUT2D eigenvalue weighted by Crippen LogP contribution is 2.37. The minimum atomic E-state index is -0.140. The summed E-state index contributed by atoms with van der Waals surface area (Å²) in [5.74, 6) is 0.601. The van der Waals surface area contributed by atoms with Gasteiger partial charge in [0.25, 0.3) is 5.91 Å². The van der Waals surface area contributed by atoms with E-state index < -0.39 is 0 Å². The average Bonchev–Trinajstić information content (AvgIpc) is 3.39. The molecule has 2 heterocycles. The van der Waals surface area contributed by atoms with Crippen LogP contribution in [-0.2, 0) is 11.3 Å². The van der Waals surface area contributed by atoms with E-state index in [4.69, 9.17) is 16.1 Å². The van der Waals surface area contributed by atoms with Crippen molar-refractivity contribution in [3.05, 3.63) is 77.1 Å². The van der Waals surface area contributed by atoms with Gasteiger partial charge in [-0.15, -0.1) is 0 Å². The maximum absolute atomic E-state index is 12.8. The summed E-state index contributed by atoms with van der Waals surface area (Å²) in [6.07, 6.45) is 0.829. The Balaban J connectivity index is 1.14. The Kier molecular flexibility index (Phi) is 5.33. The average molecular weight is 447 g/mol. The lowest BCUT2D eigenvalue weighted by molar-refractivity contribution is -0.121. The van der Waals surface area contributed by atoms with E-state index in [-0.39, 0.29) is 24.8 Å². The molecule has 5 rings (SSSR count). The van der Waals surface area contributed by atoms with E-state index in [1.165, 1.54) is 0 Å². The number of hydrogen-bond donors (Lipinski definition) is 1. The summed E-state index contributed by atoms with van der Waals surface area (Å²) in [6.45, 7) is 0.619. The first-order chi connectivity index (χ1) is 15.6. The van der Waals surface area contributed by atoms with E-state index in [0.717, 1.165) is 27.6 Å². The van der Waals surface area contributed by atoms with Crippen molar-refractivity contribution < 1.29 is 14.1 Å². The van der Waals surface area contributed by atoms with E-state index in [1.807, 2.05) is 36.4 Å². The first-order valence-corrected chi connectivity index (χ1v) is 10.7. The van der Waals surface area contributed by atoms with Crippen LogP contribution in [0.15, 0.2) is 65.2 Å². The Labute approximate surface area is 189 Å². The number of hydrogen-bond acceptors (Lipinski definition) is 5. The number of aromatic nitrogens is 2. The van der Waals surface area contributed by atoms with Gasteiger partial charge in [-0.25, -0.2) is 0 Å². The van der Waals surface area contributed by atoms with E-state index in [2.05, 4.69) is 15.5 Å². The molecule has 0 bridgehead atoms. The summed E-state index contributed by atoms with van der Waals surface area (Å²) in [4.78, 5) is 31.1. The molecule has 1 aliphatic rings. The molecule has 160 valence electrons. The highest BCUT2D eigenvalue weighted by atomic mass is 35.5. The maximum Gasteiger partial charge on any atom is 0.258 e. The Morgan fingerprint density at radius 2 is 1.84 bits per heavy atom. The number of carbonyl (C=O) groups excluding carboxylic acids is 2. The van der Waals surface area contributed by atoms with Crippen LogP contribution >= 0.6 is 11.6 Å². The van der Waals surface area contributed by atoms with Crippen LogP contribution in [0.1, 0.15) is 29.1 Å². The molecule has 0 radical (unpaired) electrons. The lowest BCUT2D eigenvalue weighted by atomic mass is 10.1. The smallest absolute Gasteiger partial charge is 0.258 e. The van der Waals surface area contributed by atoms with Crippen LogP contribution in [0.3, 0.4) is 0 Å². The Morgan fingerprint density at radius 3 is 2.66 bits per heavy atom. The number of benzene rings is 3. The van der Waals surface area contributed by atoms with Gasteiger partial charge in [0.15, 0.2) is 0 Å². The monoisotopic (exact) mass is 446 g/mol. The zero-order chi connectivity index (χ0) is 22.1. The number of rotatable bonds is 7. The number of amides is 2. The molecule has 32 heavy (non-hydrogen) atoms. The fraction of sp³-hybridized carbons (Fsp3) is 0.167. The highest BCUT2D eigenvalue weighted by molar-refractivity contribution is 6.30. The standard InChI is InChI=1S/C24H19ClN4O3/c25-17-11-9-16(10-12-17)23-27-21(32-28-23)14-26-20(30)8-3-13-29-19-7-2-5-15-4-1-6-18(22(15)19)24(29)31/h1-2,4-7,9-12H,3,8,13-14H2,(H,26,30). The third kappa shape index (κ3) is 3.83. The zero-order valence-corrected chi connectivity index (χ0v) is 17.8. The van der Waals surface area contributed by atoms with E-state index in [1.54, 1.807) is 29.2 Å². The molecule has 1 aromatic heterocycles. The SMILES string of the molecule is O=C(CCCN1C(=O)c2cccc3cccc1c23)NCc1nc(-c2ccc(Cl)cc2)no1. The number of nitrogens with one attached hydrogen (secondary N) is 1. The van der Waals surface area contributed by atoms with E-state index >= 15 is 0 Å². The van der Waals surface area contributed by atoms with Crippen molar-refractivity contribution in [1.82, 2.24) is 15.5 Å². The molecule has 1 N–H and O–H groups in total. The summed E-state index contributed by atoms with van der Waals surface area (Å²) >= 11 is 5.89. The van der Waals surface area contributed by atoms with Gasteiger partial charge in [0.2, 0.25) is 17.6 Å². The van der Waals surface area contributed by atoms with Gasteiger partial charge in [-0.05, 0) is 48.2 Å². The van der Waals surface area contributed by atoms with Crippen molar-refractivity contribution in [3.8, 4) is 11.4 Å². The molecule has 7 nitrogen and oxygen atoms in total. The lowest BCUT2D eigenvalue weighted by Crippen LogP contribution is -2.29. The van der Waals surface area contributed by atoms with Crippen molar-refractivity contribution in [2.75, 3.05) is 11.4 Å². The van der Waals surface area contributed by atoms with Crippen molar-refractivity contribution in [3.63, 3.8) is 0 Å². The molecule has 0 aliphatic carbocycles. The second kappa shape index (κ2) is 8.43. The first kappa shape index (κ1) is 20.2. The molecule has 0 spiro atoms. The fourth-order valence-electron chi connectivity index (χ4n) is 3.90. The first-order valence-electron chi connectivity index (χ1n) is 10.3. The van der Waals surface area contributed by atoms with Crippen molar-refractivity contribution in [2.24, 2.45) is 0 Å². The van der Waals surface area contributed by atoms with Crippen molar-refractivity contribution in [1.29, 1.82) is 0 Å². The number of halogens is 1. The number of anilines is 1. The summed E-state index contributed by atoms with van der Waals surface area (Å²) < 4.78 is 5.21. The zero-order valence-electron chi connectivity index (χ0n) is 17.0. The predicted octanol–water partition coefficient (Wildman–Crippen LogP) is 4.60. The van der Waals surface area contributed by atoms with Gasteiger partial charge in [-0.2, -0.15) is 4.98 Å². The number of carbonyl (C=O) groups is 2. The largest absolute Gasteiger partial charge is 0.347 e. The highest BCUT2D eigenvalue weighted by Gasteiger charge is 2.29. The normalized spacial score (nSPS) is 12.5. The third-order valence-corrected chi connectivity index (χ3v) is 5.69. The summed E-state index contributed by atoms with van der Waals surface area (Å²) in [6, 6.07) is 18.7. The lowest BCUT2D eigenvalue weighted by Gasteiger charge is -2.17. The van der Waals surface area contributed by atoms with Crippen LogP contribution in [0, 0.1) is 0 Å². The molecule has 2 amide bonds. The topological polar surface area (TPSA) is 88.3 Å². The predicted molar refractivity (Wildman–Crippen MR) is 121 cm³/mol. The summed E-state index contributed by atoms with van der Waals surface area (Å²) in [5.41, 5.74) is 2.40. The van der Waals surface area contributed by atoms with Crippen molar-refractivity contribution in [2.45, 2.75) is 19.4 Å².